The molecule has 3 saturated heterocycles. The lowest BCUT2D eigenvalue weighted by molar-refractivity contribution is -0.138. The van der Waals surface area contributed by atoms with Crippen molar-refractivity contribution in [2.24, 2.45) is 11.8 Å². The van der Waals surface area contributed by atoms with E-state index in [1.165, 1.54) is 24.3 Å². The van der Waals surface area contributed by atoms with Crippen molar-refractivity contribution in [2.45, 2.75) is 12.5 Å². The van der Waals surface area contributed by atoms with E-state index < -0.39 is 23.3 Å². The van der Waals surface area contributed by atoms with Crippen molar-refractivity contribution in [1.82, 2.24) is 20.4 Å². The molecule has 4 rings (SSSR count). The molecule has 3 aliphatic heterocycles. The zero-order valence-electron chi connectivity index (χ0n) is 14.9. The molecule has 0 aromatic heterocycles. The van der Waals surface area contributed by atoms with Gasteiger partial charge in [-0.2, -0.15) is 0 Å². The van der Waals surface area contributed by atoms with Crippen molar-refractivity contribution in [2.75, 3.05) is 32.7 Å². The summed E-state index contributed by atoms with van der Waals surface area (Å²) >= 11 is 0. The van der Waals surface area contributed by atoms with Gasteiger partial charge >= 0.3 is 6.03 Å². The molecular weight excluding hydrogens is 375 g/mol. The molecule has 0 bridgehead atoms. The molecule has 3 heterocycles. The van der Waals surface area contributed by atoms with Gasteiger partial charge in [0, 0.05) is 26.2 Å². The van der Waals surface area contributed by atoms with Crippen LogP contribution in [0.4, 0.5) is 9.18 Å². The summed E-state index contributed by atoms with van der Waals surface area (Å²) < 4.78 is 13.2. The Morgan fingerprint density at radius 1 is 1.19 bits per heavy atom. The molecule has 2 N–H and O–H groups in total. The monoisotopic (exact) mass is 396 g/mol. The maximum absolute atomic E-state index is 13.2. The maximum Gasteiger partial charge on any atom is 0.325 e. The number of carbonyl (C=O) groups is 3. The summed E-state index contributed by atoms with van der Waals surface area (Å²) in [4.78, 5) is 40.5. The predicted molar refractivity (Wildman–Crippen MR) is 97.7 cm³/mol. The van der Waals surface area contributed by atoms with Gasteiger partial charge in [-0.3, -0.25) is 14.5 Å². The lowest BCUT2D eigenvalue weighted by Gasteiger charge is -2.23. The molecule has 9 heteroatoms. The predicted octanol–water partition coefficient (Wildman–Crippen LogP) is 0.692. The van der Waals surface area contributed by atoms with Gasteiger partial charge in [0.25, 0.3) is 5.91 Å². The fraction of sp³-hybridized carbons (Fsp3) is 0.500. The number of amides is 4. The van der Waals surface area contributed by atoms with Crippen molar-refractivity contribution >= 4 is 30.3 Å². The van der Waals surface area contributed by atoms with Gasteiger partial charge in [-0.15, -0.1) is 12.4 Å². The number of nitrogens with zero attached hydrogens (tertiary/aromatic N) is 2. The van der Waals surface area contributed by atoms with Gasteiger partial charge in [0.05, 0.1) is 0 Å². The average Bonchev–Trinajstić information content (AvgIpc) is 3.25. The normalized spacial score (nSPS) is 29.6. The Kier molecular flexibility index (Phi) is 5.14. The van der Waals surface area contributed by atoms with Crippen LogP contribution in [-0.2, 0) is 15.1 Å². The molecule has 7 nitrogen and oxygen atoms in total. The van der Waals surface area contributed by atoms with Crippen molar-refractivity contribution in [3.63, 3.8) is 0 Å². The highest BCUT2D eigenvalue weighted by Gasteiger charge is 2.50. The van der Waals surface area contributed by atoms with E-state index in [9.17, 15) is 18.8 Å². The summed E-state index contributed by atoms with van der Waals surface area (Å²) in [6.45, 7) is 4.43. The number of likely N-dealkylation sites (tertiary alicyclic amines) is 1. The fourth-order valence-corrected chi connectivity index (χ4v) is 4.11. The molecule has 1 aromatic rings. The molecule has 3 fully saturated rings. The number of hydrogen-bond donors (Lipinski definition) is 2. The number of imide groups is 1. The Hall–Kier alpha value is -2.19. The first kappa shape index (κ1) is 19.6. The number of rotatable bonds is 3. The molecule has 27 heavy (non-hydrogen) atoms. The van der Waals surface area contributed by atoms with Crippen LogP contribution in [-0.4, -0.2) is 60.4 Å². The second kappa shape index (κ2) is 7.09. The maximum atomic E-state index is 13.2. The van der Waals surface area contributed by atoms with Crippen LogP contribution >= 0.6 is 12.4 Å². The van der Waals surface area contributed by atoms with Crippen LogP contribution in [0.25, 0.3) is 0 Å². The van der Waals surface area contributed by atoms with Crippen LogP contribution in [0.1, 0.15) is 12.5 Å². The minimum Gasteiger partial charge on any atom is -0.340 e. The Labute approximate surface area is 162 Å². The minimum absolute atomic E-state index is 0. The van der Waals surface area contributed by atoms with Gasteiger partial charge < -0.3 is 15.5 Å². The van der Waals surface area contributed by atoms with E-state index in [2.05, 4.69) is 10.6 Å². The summed E-state index contributed by atoms with van der Waals surface area (Å²) in [6.07, 6.45) is 0. The van der Waals surface area contributed by atoms with E-state index in [4.69, 9.17) is 0 Å². The number of carbonyl (C=O) groups excluding carboxylic acids is 3. The third-order valence-corrected chi connectivity index (χ3v) is 5.73. The number of benzene rings is 1. The fourth-order valence-electron chi connectivity index (χ4n) is 4.11. The summed E-state index contributed by atoms with van der Waals surface area (Å²) in [6, 6.07) is 4.81. The number of hydrogen-bond acceptors (Lipinski definition) is 4. The van der Waals surface area contributed by atoms with E-state index in [1.54, 1.807) is 11.8 Å². The highest BCUT2D eigenvalue weighted by atomic mass is 35.5. The largest absolute Gasteiger partial charge is 0.340 e. The number of halogens is 2. The summed E-state index contributed by atoms with van der Waals surface area (Å²) in [5.74, 6) is -0.233. The minimum atomic E-state index is -1.30. The second-order valence-corrected chi connectivity index (χ2v) is 7.43. The summed E-state index contributed by atoms with van der Waals surface area (Å²) in [5.41, 5.74) is -0.815. The first-order valence-electron chi connectivity index (χ1n) is 8.77. The van der Waals surface area contributed by atoms with E-state index >= 15 is 0 Å². The molecule has 0 aliphatic carbocycles. The Morgan fingerprint density at radius 2 is 1.78 bits per heavy atom. The quantitative estimate of drug-likeness (QED) is 0.737. The zero-order valence-corrected chi connectivity index (χ0v) is 15.7. The van der Waals surface area contributed by atoms with Crippen LogP contribution in [0.2, 0.25) is 0 Å². The molecule has 3 aliphatic rings. The van der Waals surface area contributed by atoms with Gasteiger partial charge in [-0.05, 0) is 36.5 Å². The van der Waals surface area contributed by atoms with E-state index in [-0.39, 0.29) is 24.9 Å². The third kappa shape index (κ3) is 3.27. The van der Waals surface area contributed by atoms with Crippen LogP contribution in [0, 0.1) is 17.7 Å². The topological polar surface area (TPSA) is 81.8 Å². The van der Waals surface area contributed by atoms with Gasteiger partial charge in [-0.25, -0.2) is 9.18 Å². The molecule has 1 unspecified atom stereocenters. The lowest BCUT2D eigenvalue weighted by atomic mass is 9.92. The van der Waals surface area contributed by atoms with Crippen LogP contribution in [0.3, 0.4) is 0 Å². The molecule has 0 spiro atoms. The Morgan fingerprint density at radius 3 is 2.37 bits per heavy atom. The molecule has 146 valence electrons. The van der Waals surface area contributed by atoms with Gasteiger partial charge in [0.1, 0.15) is 17.9 Å². The van der Waals surface area contributed by atoms with Gasteiger partial charge in [0.15, 0.2) is 0 Å². The molecule has 3 atom stereocenters. The van der Waals surface area contributed by atoms with Crippen molar-refractivity contribution in [3.05, 3.63) is 35.6 Å². The number of nitrogens with one attached hydrogen (secondary N) is 2. The SMILES string of the molecule is CC1(c2ccc(F)cc2)NC(=O)N(CC(=O)N2C[C@H]3CNC[C@H]3C2)C1=O.Cl. The first-order valence-corrected chi connectivity index (χ1v) is 8.77. The standard InChI is InChI=1S/C18H21FN4O3.ClH/c1-18(13-2-4-14(19)5-3-13)16(25)23(17(26)21-18)10-15(24)22-8-11-6-20-7-12(11)9-22;/h2-5,11-12,20H,6-10H2,1H3,(H,21,26);1H/t11-,12+,18?;. The molecule has 4 amide bonds. The van der Waals surface area contributed by atoms with Crippen LogP contribution in [0.5, 0.6) is 0 Å². The molecule has 1 aromatic carbocycles. The Bertz CT molecular complexity index is 762. The van der Waals surface area contributed by atoms with Gasteiger partial charge in [-0.1, -0.05) is 12.1 Å². The average molecular weight is 397 g/mol. The smallest absolute Gasteiger partial charge is 0.325 e. The van der Waals surface area contributed by atoms with Gasteiger partial charge in [0.2, 0.25) is 5.91 Å². The van der Waals surface area contributed by atoms with Crippen LogP contribution in [0.15, 0.2) is 24.3 Å². The second-order valence-electron chi connectivity index (χ2n) is 7.43. The number of fused-ring (bicyclic) bond motifs is 1. The summed E-state index contributed by atoms with van der Waals surface area (Å²) in [7, 11) is 0. The number of urea groups is 1. The molecule has 0 radical (unpaired) electrons. The van der Waals surface area contributed by atoms with E-state index in [0.717, 1.165) is 18.0 Å². The molecule has 0 saturated carbocycles. The van der Waals surface area contributed by atoms with Crippen molar-refractivity contribution < 1.29 is 18.8 Å². The van der Waals surface area contributed by atoms with Crippen molar-refractivity contribution in [3.8, 4) is 0 Å². The summed E-state index contributed by atoms with van der Waals surface area (Å²) in [5, 5.41) is 5.95. The first-order chi connectivity index (χ1) is 12.4. The van der Waals surface area contributed by atoms with Crippen LogP contribution < -0.4 is 10.6 Å². The third-order valence-electron chi connectivity index (χ3n) is 5.73. The molecular formula is C18H22ClFN4O3. The highest BCUT2D eigenvalue weighted by molar-refractivity contribution is 6.09. The van der Waals surface area contributed by atoms with Crippen molar-refractivity contribution in [1.29, 1.82) is 0 Å². The lowest BCUT2D eigenvalue weighted by Crippen LogP contribution is -2.44. The van der Waals surface area contributed by atoms with E-state index in [1.807, 2.05) is 0 Å². The van der Waals surface area contributed by atoms with E-state index in [0.29, 0.717) is 30.5 Å². The zero-order chi connectivity index (χ0) is 18.5. The Balaban J connectivity index is 0.00000210. The highest BCUT2D eigenvalue weighted by Crippen LogP contribution is 2.30.